The maximum Gasteiger partial charge on any atom is 0.407 e. The maximum absolute atomic E-state index is 13.1. The third-order valence-electron chi connectivity index (χ3n) is 3.78. The number of carbonyl (C=O) groups excluding carboxylic acids is 1. The van der Waals surface area contributed by atoms with Crippen molar-refractivity contribution in [1.29, 1.82) is 0 Å². The third-order valence-corrected chi connectivity index (χ3v) is 3.78. The van der Waals surface area contributed by atoms with Gasteiger partial charge < -0.3 is 10.1 Å². The first kappa shape index (κ1) is 18.7. The number of morpholine rings is 1. The maximum atomic E-state index is 13.1. The number of ether oxygens (including phenoxy) is 1. The molecule has 1 saturated heterocycles. The van der Waals surface area contributed by atoms with Crippen molar-refractivity contribution in [2.75, 3.05) is 45.9 Å². The molecule has 1 aliphatic heterocycles. The number of amides is 1. The predicted molar refractivity (Wildman–Crippen MR) is 83.5 cm³/mol. The number of carbonyl (C=O) groups is 1. The minimum atomic E-state index is -4.46. The van der Waals surface area contributed by atoms with Crippen molar-refractivity contribution in [3.8, 4) is 0 Å². The lowest BCUT2D eigenvalue weighted by atomic mass is 10.1. The van der Waals surface area contributed by atoms with Gasteiger partial charge in [-0.25, -0.2) is 0 Å². The van der Waals surface area contributed by atoms with Crippen LogP contribution in [0.1, 0.15) is 11.6 Å². The van der Waals surface area contributed by atoms with Crippen LogP contribution in [0.15, 0.2) is 30.3 Å². The van der Waals surface area contributed by atoms with Crippen LogP contribution in [0.2, 0.25) is 0 Å². The molecule has 0 aliphatic carbocycles. The Morgan fingerprint density at radius 1 is 1.21 bits per heavy atom. The van der Waals surface area contributed by atoms with Crippen LogP contribution >= 0.6 is 0 Å². The van der Waals surface area contributed by atoms with Crippen molar-refractivity contribution in [3.63, 3.8) is 0 Å². The first-order valence-corrected chi connectivity index (χ1v) is 7.88. The molecule has 1 aromatic carbocycles. The van der Waals surface area contributed by atoms with E-state index in [0.717, 1.165) is 13.1 Å². The topological polar surface area (TPSA) is 53.6 Å². The summed E-state index contributed by atoms with van der Waals surface area (Å²) >= 11 is 0. The molecule has 2 rings (SSSR count). The average molecular weight is 345 g/mol. The van der Waals surface area contributed by atoms with Crippen LogP contribution in [0.25, 0.3) is 0 Å². The fourth-order valence-electron chi connectivity index (χ4n) is 2.50. The van der Waals surface area contributed by atoms with Gasteiger partial charge in [0.1, 0.15) is 6.04 Å². The number of nitrogens with zero attached hydrogens (tertiary/aromatic N) is 1. The standard InChI is InChI=1S/C16H22F3N3O2/c17-16(18,19)15(13-4-2-1-3-5-13)21-12-14(23)20-6-7-22-8-10-24-11-9-22/h1-5,15,21H,6-12H2,(H,20,23)/t15-/m1/s1. The van der Waals surface area contributed by atoms with Gasteiger partial charge in [0.25, 0.3) is 0 Å². The highest BCUT2D eigenvalue weighted by molar-refractivity contribution is 5.78. The lowest BCUT2D eigenvalue weighted by Crippen LogP contribution is -2.44. The summed E-state index contributed by atoms with van der Waals surface area (Å²) < 4.78 is 44.6. The Morgan fingerprint density at radius 3 is 2.50 bits per heavy atom. The van der Waals surface area contributed by atoms with Gasteiger partial charge in [-0.15, -0.1) is 0 Å². The molecular weight excluding hydrogens is 323 g/mol. The van der Waals surface area contributed by atoms with E-state index in [9.17, 15) is 18.0 Å². The molecule has 134 valence electrons. The number of hydrogen-bond acceptors (Lipinski definition) is 4. The highest BCUT2D eigenvalue weighted by Gasteiger charge is 2.40. The summed E-state index contributed by atoms with van der Waals surface area (Å²) in [4.78, 5) is 13.9. The van der Waals surface area contributed by atoms with Gasteiger partial charge in [0, 0.05) is 26.2 Å². The molecule has 1 aromatic rings. The Labute approximate surface area is 139 Å². The molecule has 0 unspecified atom stereocenters. The molecular formula is C16H22F3N3O2. The second-order valence-electron chi connectivity index (χ2n) is 5.57. The first-order chi connectivity index (χ1) is 11.5. The lowest BCUT2D eigenvalue weighted by Gasteiger charge is -2.26. The summed E-state index contributed by atoms with van der Waals surface area (Å²) in [7, 11) is 0. The van der Waals surface area contributed by atoms with Gasteiger partial charge in [-0.3, -0.25) is 15.0 Å². The Bertz CT molecular complexity index is 505. The largest absolute Gasteiger partial charge is 0.407 e. The quantitative estimate of drug-likeness (QED) is 0.783. The first-order valence-electron chi connectivity index (χ1n) is 7.88. The smallest absolute Gasteiger partial charge is 0.379 e. The van der Waals surface area contributed by atoms with E-state index in [-0.39, 0.29) is 12.1 Å². The number of halogens is 3. The Morgan fingerprint density at radius 2 is 1.88 bits per heavy atom. The van der Waals surface area contributed by atoms with Crippen LogP contribution in [-0.2, 0) is 9.53 Å². The molecule has 1 heterocycles. The molecule has 0 saturated carbocycles. The molecule has 1 amide bonds. The van der Waals surface area contributed by atoms with Crippen LogP contribution in [-0.4, -0.2) is 62.9 Å². The van der Waals surface area contributed by atoms with Crippen molar-refractivity contribution >= 4 is 5.91 Å². The van der Waals surface area contributed by atoms with E-state index >= 15 is 0 Å². The molecule has 8 heteroatoms. The van der Waals surface area contributed by atoms with Crippen LogP contribution in [0.3, 0.4) is 0 Å². The van der Waals surface area contributed by atoms with E-state index in [4.69, 9.17) is 4.74 Å². The van der Waals surface area contributed by atoms with Crippen LogP contribution < -0.4 is 10.6 Å². The molecule has 24 heavy (non-hydrogen) atoms. The Kier molecular flexibility index (Phi) is 7.01. The number of rotatable bonds is 7. The van der Waals surface area contributed by atoms with Crippen molar-refractivity contribution < 1.29 is 22.7 Å². The summed E-state index contributed by atoms with van der Waals surface area (Å²) in [6, 6.07) is 5.65. The minimum Gasteiger partial charge on any atom is -0.379 e. The zero-order valence-electron chi connectivity index (χ0n) is 13.3. The van der Waals surface area contributed by atoms with E-state index in [1.165, 1.54) is 24.3 Å². The summed E-state index contributed by atoms with van der Waals surface area (Å²) in [5.41, 5.74) is 0.0890. The average Bonchev–Trinajstić information content (AvgIpc) is 2.56. The molecule has 1 aliphatic rings. The van der Waals surface area contributed by atoms with Gasteiger partial charge in [0.15, 0.2) is 0 Å². The molecule has 5 nitrogen and oxygen atoms in total. The van der Waals surface area contributed by atoms with Crippen LogP contribution in [0.5, 0.6) is 0 Å². The highest BCUT2D eigenvalue weighted by atomic mass is 19.4. The molecule has 1 fully saturated rings. The summed E-state index contributed by atoms with van der Waals surface area (Å²) in [6.45, 7) is 3.62. The van der Waals surface area contributed by atoms with E-state index in [1.54, 1.807) is 6.07 Å². The zero-order chi connectivity index (χ0) is 17.4. The molecule has 2 N–H and O–H groups in total. The SMILES string of the molecule is O=C(CN[C@H](c1ccccc1)C(F)(F)F)NCCN1CCOCC1. The zero-order valence-corrected chi connectivity index (χ0v) is 13.3. The molecule has 0 radical (unpaired) electrons. The number of alkyl halides is 3. The fraction of sp³-hybridized carbons (Fsp3) is 0.562. The normalized spacial score (nSPS) is 17.5. The minimum absolute atomic E-state index is 0.0890. The summed E-state index contributed by atoms with van der Waals surface area (Å²) in [5, 5.41) is 4.93. The second kappa shape index (κ2) is 9.00. The van der Waals surface area contributed by atoms with Crippen molar-refractivity contribution in [1.82, 2.24) is 15.5 Å². The molecule has 0 bridgehead atoms. The predicted octanol–water partition coefficient (Wildman–Crippen LogP) is 1.33. The number of nitrogens with one attached hydrogen (secondary N) is 2. The van der Waals surface area contributed by atoms with Crippen molar-refractivity contribution in [2.45, 2.75) is 12.2 Å². The van der Waals surface area contributed by atoms with E-state index in [0.29, 0.717) is 26.3 Å². The van der Waals surface area contributed by atoms with Crippen LogP contribution in [0.4, 0.5) is 13.2 Å². The molecule has 0 aromatic heterocycles. The van der Waals surface area contributed by atoms with Gasteiger partial charge in [0.2, 0.25) is 5.91 Å². The highest BCUT2D eigenvalue weighted by Crippen LogP contribution is 2.32. The Hall–Kier alpha value is -1.64. The number of hydrogen-bond donors (Lipinski definition) is 2. The van der Waals surface area contributed by atoms with Gasteiger partial charge in [-0.05, 0) is 5.56 Å². The Balaban J connectivity index is 1.75. The summed E-state index contributed by atoms with van der Waals surface area (Å²) in [5.74, 6) is -0.451. The van der Waals surface area contributed by atoms with E-state index < -0.39 is 18.1 Å². The lowest BCUT2D eigenvalue weighted by molar-refractivity contribution is -0.158. The third kappa shape index (κ3) is 6.10. The fourth-order valence-corrected chi connectivity index (χ4v) is 2.50. The van der Waals surface area contributed by atoms with Gasteiger partial charge in [-0.2, -0.15) is 13.2 Å². The molecule has 0 spiro atoms. The monoisotopic (exact) mass is 345 g/mol. The number of benzene rings is 1. The van der Waals surface area contributed by atoms with Gasteiger partial charge in [-0.1, -0.05) is 30.3 Å². The van der Waals surface area contributed by atoms with E-state index in [2.05, 4.69) is 15.5 Å². The summed E-state index contributed by atoms with van der Waals surface area (Å²) in [6.07, 6.45) is -4.46. The van der Waals surface area contributed by atoms with Crippen LogP contribution in [0, 0.1) is 0 Å². The van der Waals surface area contributed by atoms with Crippen molar-refractivity contribution in [2.24, 2.45) is 0 Å². The van der Waals surface area contributed by atoms with E-state index in [1.807, 2.05) is 0 Å². The second-order valence-corrected chi connectivity index (χ2v) is 5.57. The van der Waals surface area contributed by atoms with Gasteiger partial charge >= 0.3 is 6.18 Å². The molecule has 1 atom stereocenters. The van der Waals surface area contributed by atoms with Gasteiger partial charge in [0.05, 0.1) is 19.8 Å². The van der Waals surface area contributed by atoms with Crippen molar-refractivity contribution in [3.05, 3.63) is 35.9 Å².